The summed E-state index contributed by atoms with van der Waals surface area (Å²) in [6.45, 7) is 11.4. The smallest absolute Gasteiger partial charge is 0.0724 e. The van der Waals surface area contributed by atoms with Gasteiger partial charge < -0.3 is 9.84 Å². The Bertz CT molecular complexity index is 313. The van der Waals surface area contributed by atoms with E-state index in [1.54, 1.807) is 0 Å². The van der Waals surface area contributed by atoms with Gasteiger partial charge in [0.05, 0.1) is 12.2 Å². The Hall–Kier alpha value is -0.120. The van der Waals surface area contributed by atoms with Crippen LogP contribution in [0.1, 0.15) is 53.4 Å². The molecule has 2 aliphatic rings. The van der Waals surface area contributed by atoms with E-state index in [9.17, 15) is 5.11 Å². The lowest BCUT2D eigenvalue weighted by Crippen LogP contribution is -2.55. The second-order valence-corrected chi connectivity index (χ2v) is 8.05. The molecule has 118 valence electrons. The zero-order valence-corrected chi connectivity index (χ0v) is 13.9. The Kier molecular flexibility index (Phi) is 5.14. The van der Waals surface area contributed by atoms with Crippen LogP contribution in [-0.4, -0.2) is 48.5 Å². The first-order chi connectivity index (χ1) is 9.32. The Morgan fingerprint density at radius 2 is 1.85 bits per heavy atom. The van der Waals surface area contributed by atoms with Gasteiger partial charge in [-0.05, 0) is 49.5 Å². The number of likely N-dealkylation sites (tertiary alicyclic amines) is 1. The summed E-state index contributed by atoms with van der Waals surface area (Å²) < 4.78 is 5.63. The third-order valence-electron chi connectivity index (χ3n) is 5.70. The third-order valence-corrected chi connectivity index (χ3v) is 5.70. The van der Waals surface area contributed by atoms with E-state index in [-0.39, 0.29) is 6.10 Å². The number of aliphatic hydroxyl groups excluding tert-OH is 1. The van der Waals surface area contributed by atoms with Crippen LogP contribution < -0.4 is 0 Å². The first kappa shape index (κ1) is 16.3. The molecule has 3 nitrogen and oxygen atoms in total. The third kappa shape index (κ3) is 3.55. The van der Waals surface area contributed by atoms with Gasteiger partial charge in [0.1, 0.15) is 0 Å². The number of aliphatic hydroxyl groups is 1. The van der Waals surface area contributed by atoms with E-state index in [1.165, 1.54) is 12.8 Å². The van der Waals surface area contributed by atoms with Crippen LogP contribution in [0.4, 0.5) is 0 Å². The molecule has 0 amide bonds. The van der Waals surface area contributed by atoms with Gasteiger partial charge in [0.2, 0.25) is 0 Å². The van der Waals surface area contributed by atoms with Gasteiger partial charge in [0, 0.05) is 19.7 Å². The lowest BCUT2D eigenvalue weighted by molar-refractivity contribution is -0.0682. The van der Waals surface area contributed by atoms with E-state index < -0.39 is 0 Å². The number of hydrogen-bond acceptors (Lipinski definition) is 3. The van der Waals surface area contributed by atoms with E-state index >= 15 is 0 Å². The molecule has 1 saturated carbocycles. The Labute approximate surface area is 124 Å². The summed E-state index contributed by atoms with van der Waals surface area (Å²) in [4.78, 5) is 2.50. The molecule has 2 rings (SSSR count). The van der Waals surface area contributed by atoms with Crippen molar-refractivity contribution >= 4 is 0 Å². The van der Waals surface area contributed by atoms with Crippen molar-refractivity contribution in [3.8, 4) is 0 Å². The molecule has 0 bridgehead atoms. The number of hydrogen-bond donors (Lipinski definition) is 1. The SMILES string of the molecule is COC1CN(C2CC(C(C)(C)C)CCC2O)CCC1C. The molecule has 5 atom stereocenters. The first-order valence-electron chi connectivity index (χ1n) is 8.27. The first-order valence-corrected chi connectivity index (χ1v) is 8.27. The average Bonchev–Trinajstić information content (AvgIpc) is 2.39. The standard InChI is InChI=1S/C17H33NO2/c1-12-8-9-18(11-16(12)20-5)14-10-13(17(2,3)4)6-7-15(14)19/h12-16,19H,6-11H2,1-5H3. The summed E-state index contributed by atoms with van der Waals surface area (Å²) in [5.41, 5.74) is 0.349. The van der Waals surface area contributed by atoms with Gasteiger partial charge in [-0.15, -0.1) is 0 Å². The van der Waals surface area contributed by atoms with Gasteiger partial charge in [-0.25, -0.2) is 0 Å². The summed E-state index contributed by atoms with van der Waals surface area (Å²) in [5.74, 6) is 1.35. The van der Waals surface area contributed by atoms with Crippen molar-refractivity contribution in [1.82, 2.24) is 4.90 Å². The van der Waals surface area contributed by atoms with E-state index in [2.05, 4.69) is 32.6 Å². The second-order valence-electron chi connectivity index (χ2n) is 8.05. The molecular formula is C17H33NO2. The number of ether oxygens (including phenoxy) is 1. The monoisotopic (exact) mass is 283 g/mol. The Morgan fingerprint density at radius 1 is 1.15 bits per heavy atom. The lowest BCUT2D eigenvalue weighted by atomic mass is 9.69. The minimum atomic E-state index is -0.153. The maximum atomic E-state index is 10.4. The van der Waals surface area contributed by atoms with Crippen LogP contribution in [-0.2, 0) is 4.74 Å². The van der Waals surface area contributed by atoms with Crippen molar-refractivity contribution in [2.45, 2.75) is 71.6 Å². The minimum absolute atomic E-state index is 0.153. The predicted molar refractivity (Wildman–Crippen MR) is 82.7 cm³/mol. The topological polar surface area (TPSA) is 32.7 Å². The van der Waals surface area contributed by atoms with E-state index in [0.29, 0.717) is 23.5 Å². The van der Waals surface area contributed by atoms with E-state index in [4.69, 9.17) is 4.74 Å². The molecular weight excluding hydrogens is 250 g/mol. The highest BCUT2D eigenvalue weighted by molar-refractivity contribution is 4.93. The Balaban J connectivity index is 2.02. The minimum Gasteiger partial charge on any atom is -0.391 e. The summed E-state index contributed by atoms with van der Waals surface area (Å²) in [6.07, 6.45) is 4.61. The molecule has 0 radical (unpaired) electrons. The molecule has 0 aromatic rings. The average molecular weight is 283 g/mol. The molecule has 0 aromatic carbocycles. The van der Waals surface area contributed by atoms with Crippen molar-refractivity contribution in [2.24, 2.45) is 17.3 Å². The van der Waals surface area contributed by atoms with Crippen LogP contribution in [0.15, 0.2) is 0 Å². The molecule has 0 spiro atoms. The zero-order chi connectivity index (χ0) is 14.9. The van der Waals surface area contributed by atoms with Crippen LogP contribution in [0.5, 0.6) is 0 Å². The molecule has 1 saturated heterocycles. The highest BCUT2D eigenvalue weighted by Gasteiger charge is 2.40. The number of piperidine rings is 1. The molecule has 20 heavy (non-hydrogen) atoms. The molecule has 1 N–H and O–H groups in total. The fourth-order valence-electron chi connectivity index (χ4n) is 3.98. The van der Waals surface area contributed by atoms with Gasteiger partial charge in [-0.3, -0.25) is 4.90 Å². The van der Waals surface area contributed by atoms with Crippen LogP contribution in [0.3, 0.4) is 0 Å². The number of rotatable bonds is 2. The van der Waals surface area contributed by atoms with Crippen molar-refractivity contribution in [3.63, 3.8) is 0 Å². The van der Waals surface area contributed by atoms with Gasteiger partial charge in [0.25, 0.3) is 0 Å². The molecule has 0 aromatic heterocycles. The highest BCUT2D eigenvalue weighted by Crippen LogP contribution is 2.40. The summed E-state index contributed by atoms with van der Waals surface area (Å²) in [5, 5.41) is 10.4. The fourth-order valence-corrected chi connectivity index (χ4v) is 3.98. The van der Waals surface area contributed by atoms with Crippen molar-refractivity contribution in [3.05, 3.63) is 0 Å². The number of nitrogens with zero attached hydrogens (tertiary/aromatic N) is 1. The van der Waals surface area contributed by atoms with Gasteiger partial charge in [0.15, 0.2) is 0 Å². The highest BCUT2D eigenvalue weighted by atomic mass is 16.5. The fraction of sp³-hybridized carbons (Fsp3) is 1.00. The van der Waals surface area contributed by atoms with Gasteiger partial charge >= 0.3 is 0 Å². The summed E-state index contributed by atoms with van der Waals surface area (Å²) in [7, 11) is 1.82. The second kappa shape index (κ2) is 6.33. The predicted octanol–water partition coefficient (Wildman–Crippen LogP) is 2.92. The largest absolute Gasteiger partial charge is 0.391 e. The van der Waals surface area contributed by atoms with Crippen LogP contribution in [0.25, 0.3) is 0 Å². The molecule has 1 aliphatic carbocycles. The summed E-state index contributed by atoms with van der Waals surface area (Å²) in [6, 6.07) is 0.332. The van der Waals surface area contributed by atoms with E-state index in [0.717, 1.165) is 31.8 Å². The van der Waals surface area contributed by atoms with Crippen molar-refractivity contribution in [1.29, 1.82) is 0 Å². The van der Waals surface area contributed by atoms with Crippen LogP contribution in [0, 0.1) is 17.3 Å². The van der Waals surface area contributed by atoms with Crippen molar-refractivity contribution < 1.29 is 9.84 Å². The normalized spacial score (nSPS) is 40.8. The maximum Gasteiger partial charge on any atom is 0.0724 e. The zero-order valence-electron chi connectivity index (χ0n) is 13.9. The molecule has 3 heteroatoms. The van der Waals surface area contributed by atoms with Crippen LogP contribution in [0.2, 0.25) is 0 Å². The maximum absolute atomic E-state index is 10.4. The van der Waals surface area contributed by atoms with Gasteiger partial charge in [-0.2, -0.15) is 0 Å². The lowest BCUT2D eigenvalue weighted by Gasteiger charge is -2.47. The Morgan fingerprint density at radius 3 is 2.45 bits per heavy atom. The molecule has 1 heterocycles. The van der Waals surface area contributed by atoms with Crippen molar-refractivity contribution in [2.75, 3.05) is 20.2 Å². The quantitative estimate of drug-likeness (QED) is 0.846. The molecule has 2 fully saturated rings. The van der Waals surface area contributed by atoms with Gasteiger partial charge in [-0.1, -0.05) is 27.7 Å². The molecule has 1 aliphatic heterocycles. The van der Waals surface area contributed by atoms with E-state index in [1.807, 2.05) is 7.11 Å². The number of methoxy groups -OCH3 is 1. The summed E-state index contributed by atoms with van der Waals surface area (Å²) >= 11 is 0. The van der Waals surface area contributed by atoms with Crippen LogP contribution >= 0.6 is 0 Å². The molecule has 5 unspecified atom stereocenters.